The molecule has 0 spiro atoms. The Morgan fingerprint density at radius 3 is 2.64 bits per heavy atom. The molecular formula is C27H29BN2O3. The minimum absolute atomic E-state index is 0.0841. The first-order valence-electron chi connectivity index (χ1n) is 11.8. The lowest BCUT2D eigenvalue weighted by Crippen LogP contribution is -2.39. The van der Waals surface area contributed by atoms with Crippen LogP contribution in [0.3, 0.4) is 0 Å². The molecule has 6 heteroatoms. The minimum Gasteiger partial charge on any atom is -0.490 e. The van der Waals surface area contributed by atoms with Crippen molar-refractivity contribution in [1.29, 1.82) is 5.26 Å². The van der Waals surface area contributed by atoms with Crippen LogP contribution in [0.5, 0.6) is 5.75 Å². The first kappa shape index (κ1) is 21.9. The summed E-state index contributed by atoms with van der Waals surface area (Å²) in [5.74, 6) is 0.928. The number of likely N-dealkylation sites (tertiary alicyclic amines) is 1. The van der Waals surface area contributed by atoms with Crippen LogP contribution in [0.1, 0.15) is 53.7 Å². The zero-order chi connectivity index (χ0) is 23.2. The van der Waals surface area contributed by atoms with Crippen molar-refractivity contribution in [2.75, 3.05) is 33.4 Å². The van der Waals surface area contributed by atoms with Crippen LogP contribution < -0.4 is 10.2 Å². The molecule has 33 heavy (non-hydrogen) atoms. The predicted molar refractivity (Wildman–Crippen MR) is 131 cm³/mol. The number of carbonyl (C=O) groups excluding carboxylic acids is 1. The highest BCUT2D eigenvalue weighted by Crippen LogP contribution is 2.46. The molecule has 2 aliphatic heterocycles. The maximum atomic E-state index is 13.5. The van der Waals surface area contributed by atoms with Gasteiger partial charge in [0.2, 0.25) is 0 Å². The van der Waals surface area contributed by atoms with Crippen molar-refractivity contribution in [2.45, 2.75) is 38.2 Å². The molecule has 0 bridgehead atoms. The van der Waals surface area contributed by atoms with Crippen LogP contribution >= 0.6 is 0 Å². The fourth-order valence-corrected chi connectivity index (χ4v) is 5.56. The average molecular weight is 440 g/mol. The van der Waals surface area contributed by atoms with Gasteiger partial charge in [-0.05, 0) is 54.3 Å². The highest BCUT2D eigenvalue weighted by molar-refractivity contribution is 6.70. The molecule has 3 aliphatic rings. The molecule has 1 saturated heterocycles. The van der Waals surface area contributed by atoms with Crippen molar-refractivity contribution in [3.05, 3.63) is 64.1 Å². The number of Topliss-reactive ketones (excluding diaryl/α,β-unsaturated/α-hetero) is 1. The third-order valence-electron chi connectivity index (χ3n) is 7.51. The summed E-state index contributed by atoms with van der Waals surface area (Å²) in [4.78, 5) is 16.0. The Kier molecular flexibility index (Phi) is 5.64. The highest BCUT2D eigenvalue weighted by Gasteiger charge is 2.43. The Morgan fingerprint density at radius 2 is 1.91 bits per heavy atom. The number of nitriles is 1. The van der Waals surface area contributed by atoms with E-state index in [4.69, 9.17) is 9.47 Å². The van der Waals surface area contributed by atoms with Gasteiger partial charge in [-0.25, -0.2) is 0 Å². The molecule has 0 unspecified atom stereocenters. The van der Waals surface area contributed by atoms with Gasteiger partial charge >= 0.3 is 0 Å². The SMILES string of the molecule is COCCN1CCC(Oc2ccc3c(c2)C(C)(C)C2=C(C3=O)c3ccc(C#N)cc3B2)CC1. The van der Waals surface area contributed by atoms with Gasteiger partial charge < -0.3 is 14.4 Å². The third-order valence-corrected chi connectivity index (χ3v) is 7.51. The third kappa shape index (κ3) is 3.80. The molecule has 1 fully saturated rings. The number of rotatable bonds is 5. The maximum absolute atomic E-state index is 13.5. The van der Waals surface area contributed by atoms with Crippen molar-refractivity contribution in [3.8, 4) is 11.8 Å². The Bertz CT molecular complexity index is 1190. The van der Waals surface area contributed by atoms with Crippen LogP contribution in [0.15, 0.2) is 41.9 Å². The zero-order valence-corrected chi connectivity index (χ0v) is 19.6. The number of benzene rings is 2. The van der Waals surface area contributed by atoms with E-state index in [0.29, 0.717) is 12.8 Å². The van der Waals surface area contributed by atoms with Gasteiger partial charge in [-0.1, -0.05) is 30.8 Å². The molecule has 2 heterocycles. The summed E-state index contributed by atoms with van der Waals surface area (Å²) >= 11 is 0. The van der Waals surface area contributed by atoms with Crippen LogP contribution in [0.2, 0.25) is 0 Å². The molecule has 1 aliphatic carbocycles. The van der Waals surface area contributed by atoms with Crippen LogP contribution in [0, 0.1) is 11.3 Å². The van der Waals surface area contributed by atoms with E-state index in [9.17, 15) is 10.1 Å². The molecule has 2 aromatic rings. The van der Waals surface area contributed by atoms with E-state index in [1.165, 1.54) is 0 Å². The van der Waals surface area contributed by atoms with Crippen LogP contribution in [0.25, 0.3) is 5.57 Å². The molecule has 0 radical (unpaired) electrons. The van der Waals surface area contributed by atoms with Crippen LogP contribution in [-0.2, 0) is 10.2 Å². The summed E-state index contributed by atoms with van der Waals surface area (Å²) in [7, 11) is 2.45. The summed E-state index contributed by atoms with van der Waals surface area (Å²) in [6, 6.07) is 13.9. The maximum Gasteiger partial charge on any atom is 0.193 e. The quantitative estimate of drug-likeness (QED) is 0.669. The summed E-state index contributed by atoms with van der Waals surface area (Å²) < 4.78 is 11.6. The van der Waals surface area contributed by atoms with E-state index in [1.54, 1.807) is 7.11 Å². The van der Waals surface area contributed by atoms with Crippen molar-refractivity contribution >= 4 is 24.1 Å². The van der Waals surface area contributed by atoms with Gasteiger partial charge in [0.05, 0.1) is 18.2 Å². The number of piperidine rings is 1. The first-order chi connectivity index (χ1) is 15.9. The number of ketones is 1. The van der Waals surface area contributed by atoms with E-state index in [-0.39, 0.29) is 17.3 Å². The van der Waals surface area contributed by atoms with E-state index in [1.807, 2.05) is 30.3 Å². The second-order valence-electron chi connectivity index (χ2n) is 9.83. The normalized spacial score (nSPS) is 19.4. The second-order valence-corrected chi connectivity index (χ2v) is 9.83. The zero-order valence-electron chi connectivity index (χ0n) is 19.6. The lowest BCUT2D eigenvalue weighted by Gasteiger charge is -2.35. The molecule has 0 aromatic heterocycles. The van der Waals surface area contributed by atoms with Gasteiger partial charge in [0.1, 0.15) is 11.9 Å². The van der Waals surface area contributed by atoms with Gasteiger partial charge in [0.25, 0.3) is 0 Å². The van der Waals surface area contributed by atoms with Gasteiger partial charge in [0.15, 0.2) is 13.1 Å². The minimum atomic E-state index is -0.284. The molecule has 0 atom stereocenters. The molecule has 0 saturated carbocycles. The number of ether oxygens (including phenoxy) is 2. The fraction of sp³-hybridized carbons (Fsp3) is 0.407. The Hall–Kier alpha value is -2.88. The molecule has 0 N–H and O–H groups in total. The number of hydrogen-bond acceptors (Lipinski definition) is 5. The lowest BCUT2D eigenvalue weighted by atomic mass is 9.54. The Morgan fingerprint density at radius 1 is 1.15 bits per heavy atom. The van der Waals surface area contributed by atoms with Gasteiger partial charge in [-0.2, -0.15) is 5.26 Å². The topological polar surface area (TPSA) is 62.6 Å². The number of hydrogen-bond donors (Lipinski definition) is 0. The van der Waals surface area contributed by atoms with Crippen molar-refractivity contribution in [1.82, 2.24) is 4.90 Å². The summed E-state index contributed by atoms with van der Waals surface area (Å²) in [6.45, 7) is 8.16. The number of nitrogens with zero attached hydrogens (tertiary/aromatic N) is 2. The largest absolute Gasteiger partial charge is 0.490 e. The standard InChI is InChI=1S/C27H29BN2O3/c1-27(2)22-15-19(33-18-8-10-30(11-9-18)12-13-32-3)5-7-20(22)25(31)24-21-6-4-17(16-29)14-23(21)28-26(24)27/h4-7,14-15,18,28H,8-13H2,1-3H3. The first-order valence-corrected chi connectivity index (χ1v) is 11.8. The number of carbonyl (C=O) groups is 1. The van der Waals surface area contributed by atoms with E-state index in [2.05, 4.69) is 30.9 Å². The van der Waals surface area contributed by atoms with Crippen molar-refractivity contribution in [2.24, 2.45) is 0 Å². The monoisotopic (exact) mass is 440 g/mol. The fourth-order valence-electron chi connectivity index (χ4n) is 5.56. The molecule has 168 valence electrons. The highest BCUT2D eigenvalue weighted by atomic mass is 16.5. The van der Waals surface area contributed by atoms with Gasteiger partial charge in [-0.15, -0.1) is 0 Å². The average Bonchev–Trinajstić information content (AvgIpc) is 3.22. The molecule has 0 amide bonds. The van der Waals surface area contributed by atoms with Crippen molar-refractivity contribution < 1.29 is 14.3 Å². The van der Waals surface area contributed by atoms with E-state index >= 15 is 0 Å². The number of allylic oxidation sites excluding steroid dienone is 2. The Balaban J connectivity index is 1.38. The summed E-state index contributed by atoms with van der Waals surface area (Å²) in [5.41, 5.74) is 6.18. The number of fused-ring (bicyclic) bond motifs is 3. The van der Waals surface area contributed by atoms with Gasteiger partial charge in [-0.3, -0.25) is 4.79 Å². The van der Waals surface area contributed by atoms with Crippen LogP contribution in [0.4, 0.5) is 0 Å². The van der Waals surface area contributed by atoms with Gasteiger partial charge in [0, 0.05) is 43.3 Å². The van der Waals surface area contributed by atoms with E-state index in [0.717, 1.165) is 78.0 Å². The lowest BCUT2D eigenvalue weighted by molar-refractivity contribution is 0.0796. The molecule has 5 rings (SSSR count). The molecule has 5 nitrogen and oxygen atoms in total. The second kappa shape index (κ2) is 8.48. The van der Waals surface area contributed by atoms with Crippen molar-refractivity contribution in [3.63, 3.8) is 0 Å². The smallest absolute Gasteiger partial charge is 0.193 e. The Labute approximate surface area is 196 Å². The summed E-state index contributed by atoms with van der Waals surface area (Å²) in [5, 5.41) is 9.29. The predicted octanol–water partition coefficient (Wildman–Crippen LogP) is 3.01. The molecule has 2 aromatic carbocycles. The van der Waals surface area contributed by atoms with Crippen LogP contribution in [-0.4, -0.2) is 57.4 Å². The molecular weight excluding hydrogens is 411 g/mol. The number of methoxy groups -OCH3 is 1. The van der Waals surface area contributed by atoms with E-state index < -0.39 is 0 Å². The summed E-state index contributed by atoms with van der Waals surface area (Å²) in [6.07, 6.45) is 2.18.